The summed E-state index contributed by atoms with van der Waals surface area (Å²) in [5.74, 6) is -0.164. The predicted octanol–water partition coefficient (Wildman–Crippen LogP) is 1.89. The van der Waals surface area contributed by atoms with E-state index in [2.05, 4.69) is 10.0 Å². The Morgan fingerprint density at radius 3 is 2.33 bits per heavy atom. The average Bonchev–Trinajstić information content (AvgIpc) is 2.71. The van der Waals surface area contributed by atoms with Gasteiger partial charge in [0, 0.05) is 19.2 Å². The summed E-state index contributed by atoms with van der Waals surface area (Å²) in [6.07, 6.45) is 0.315. The molecule has 2 rings (SSSR count). The van der Waals surface area contributed by atoms with Crippen LogP contribution >= 0.6 is 0 Å². The lowest BCUT2D eigenvalue weighted by molar-refractivity contribution is 0.0934. The zero-order chi connectivity index (χ0) is 22.4. The van der Waals surface area contributed by atoms with Gasteiger partial charge < -0.3 is 20.3 Å². The molecule has 0 bridgehead atoms. The molecule has 2 aromatic carbocycles. The largest absolute Gasteiger partial charge is 0.507 e. The molecular formula is C21H28N2O6S. The lowest BCUT2D eigenvalue weighted by Crippen LogP contribution is -2.51. The van der Waals surface area contributed by atoms with Crippen molar-refractivity contribution < 1.29 is 28.2 Å². The summed E-state index contributed by atoms with van der Waals surface area (Å²) in [4.78, 5) is 12.5. The van der Waals surface area contributed by atoms with Gasteiger partial charge in [-0.25, -0.2) is 13.1 Å². The van der Waals surface area contributed by atoms with E-state index in [9.17, 15) is 23.4 Å². The number of sulfonamides is 1. The number of methoxy groups -OCH3 is 1. The van der Waals surface area contributed by atoms with Crippen LogP contribution in [-0.4, -0.2) is 50.8 Å². The Balaban J connectivity index is 2.22. The van der Waals surface area contributed by atoms with Crippen molar-refractivity contribution in [2.75, 3.05) is 20.3 Å². The molecule has 0 aliphatic heterocycles. The van der Waals surface area contributed by atoms with Crippen LogP contribution in [0.4, 0.5) is 0 Å². The monoisotopic (exact) mass is 436 g/mol. The fraction of sp³-hybridized carbons (Fsp3) is 0.381. The zero-order valence-corrected chi connectivity index (χ0v) is 18.1. The molecule has 2 aromatic rings. The van der Waals surface area contributed by atoms with Crippen molar-refractivity contribution in [2.24, 2.45) is 5.41 Å². The van der Waals surface area contributed by atoms with E-state index in [0.29, 0.717) is 12.2 Å². The number of phenols is 1. The van der Waals surface area contributed by atoms with Crippen molar-refractivity contribution in [3.63, 3.8) is 0 Å². The van der Waals surface area contributed by atoms with Gasteiger partial charge in [0.25, 0.3) is 5.91 Å². The third-order valence-electron chi connectivity index (χ3n) is 4.98. The van der Waals surface area contributed by atoms with Gasteiger partial charge in [-0.3, -0.25) is 4.79 Å². The minimum atomic E-state index is -3.89. The van der Waals surface area contributed by atoms with Gasteiger partial charge in [-0.05, 0) is 48.2 Å². The van der Waals surface area contributed by atoms with Crippen LogP contribution in [0.5, 0.6) is 11.5 Å². The summed E-state index contributed by atoms with van der Waals surface area (Å²) in [5.41, 5.74) is -0.574. The van der Waals surface area contributed by atoms with Gasteiger partial charge in [0.2, 0.25) is 10.0 Å². The number of benzene rings is 2. The number of aromatic hydroxyl groups is 1. The molecule has 0 aliphatic rings. The lowest BCUT2D eigenvalue weighted by atomic mass is 9.82. The van der Waals surface area contributed by atoms with E-state index in [-0.39, 0.29) is 29.4 Å². The van der Waals surface area contributed by atoms with Crippen LogP contribution in [0.15, 0.2) is 53.4 Å². The van der Waals surface area contributed by atoms with Gasteiger partial charge in [0.05, 0.1) is 17.6 Å². The average molecular weight is 437 g/mol. The summed E-state index contributed by atoms with van der Waals surface area (Å²) >= 11 is 0. The molecule has 0 saturated carbocycles. The second-order valence-electron chi connectivity index (χ2n) is 7.54. The lowest BCUT2D eigenvalue weighted by Gasteiger charge is -2.34. The zero-order valence-electron chi connectivity index (χ0n) is 17.3. The maximum atomic E-state index is 12.9. The Morgan fingerprint density at radius 2 is 1.77 bits per heavy atom. The molecular weight excluding hydrogens is 408 g/mol. The first-order chi connectivity index (χ1) is 14.1. The van der Waals surface area contributed by atoms with E-state index >= 15 is 0 Å². The number of hydrogen-bond donors (Lipinski definition) is 4. The molecule has 0 spiro atoms. The van der Waals surface area contributed by atoms with E-state index in [1.165, 1.54) is 31.4 Å². The van der Waals surface area contributed by atoms with Gasteiger partial charge in [0.15, 0.2) is 0 Å². The van der Waals surface area contributed by atoms with E-state index in [1.54, 1.807) is 38.1 Å². The number of para-hydroxylation sites is 1. The van der Waals surface area contributed by atoms with Crippen molar-refractivity contribution in [3.05, 3.63) is 54.1 Å². The molecule has 0 aromatic heterocycles. The Labute approximate surface area is 176 Å². The van der Waals surface area contributed by atoms with Crippen molar-refractivity contribution in [1.29, 1.82) is 0 Å². The van der Waals surface area contributed by atoms with Gasteiger partial charge in [0.1, 0.15) is 11.5 Å². The standard InChI is InChI=1S/C21H28N2O6S/c1-21(2,12-13-24)19(14-22-20(26)17-6-4-5-7-18(17)25)23-30(27,28)16-10-8-15(29-3)9-11-16/h4-11,19,23-25H,12-14H2,1-3H3,(H,22,26)/t19-/m1/s1. The molecule has 0 heterocycles. The molecule has 1 amide bonds. The molecule has 0 aliphatic carbocycles. The SMILES string of the molecule is COc1ccc(S(=O)(=O)N[C@H](CNC(=O)c2ccccc2O)C(C)(C)CCO)cc1. The highest BCUT2D eigenvalue weighted by atomic mass is 32.2. The molecule has 1 atom stereocenters. The minimum absolute atomic E-state index is 0.0322. The fourth-order valence-corrected chi connectivity index (χ4v) is 4.31. The maximum absolute atomic E-state index is 12.9. The third kappa shape index (κ3) is 5.94. The third-order valence-corrected chi connectivity index (χ3v) is 6.47. The summed E-state index contributed by atoms with van der Waals surface area (Å²) in [6, 6.07) is 11.3. The number of carbonyl (C=O) groups excluding carboxylic acids is 1. The quantitative estimate of drug-likeness (QED) is 0.451. The van der Waals surface area contributed by atoms with E-state index in [0.717, 1.165) is 0 Å². The topological polar surface area (TPSA) is 125 Å². The first kappa shape index (κ1) is 23.7. The Bertz CT molecular complexity index is 958. The normalized spacial score (nSPS) is 12.9. The van der Waals surface area contributed by atoms with Crippen LogP contribution < -0.4 is 14.8 Å². The summed E-state index contributed by atoms with van der Waals surface area (Å²) in [7, 11) is -2.41. The number of carbonyl (C=O) groups is 1. The number of amides is 1. The second-order valence-corrected chi connectivity index (χ2v) is 9.25. The molecule has 8 nitrogen and oxygen atoms in total. The molecule has 0 fully saturated rings. The van der Waals surface area contributed by atoms with Crippen LogP contribution in [-0.2, 0) is 10.0 Å². The van der Waals surface area contributed by atoms with E-state index < -0.39 is 27.4 Å². The van der Waals surface area contributed by atoms with Crippen LogP contribution in [0.1, 0.15) is 30.6 Å². The molecule has 0 saturated heterocycles. The van der Waals surface area contributed by atoms with E-state index in [4.69, 9.17) is 4.74 Å². The van der Waals surface area contributed by atoms with Gasteiger partial charge >= 0.3 is 0 Å². The highest BCUT2D eigenvalue weighted by molar-refractivity contribution is 7.89. The Kier molecular flexibility index (Phi) is 7.83. The van der Waals surface area contributed by atoms with Crippen molar-refractivity contribution >= 4 is 15.9 Å². The number of ether oxygens (including phenoxy) is 1. The predicted molar refractivity (Wildman–Crippen MR) is 113 cm³/mol. The highest BCUT2D eigenvalue weighted by Crippen LogP contribution is 2.27. The van der Waals surface area contributed by atoms with Crippen LogP contribution in [0, 0.1) is 5.41 Å². The molecule has 164 valence electrons. The van der Waals surface area contributed by atoms with E-state index in [1.807, 2.05) is 0 Å². The minimum Gasteiger partial charge on any atom is -0.507 e. The second kappa shape index (κ2) is 9.92. The number of phenolic OH excluding ortho intramolecular Hbond substituents is 1. The first-order valence-electron chi connectivity index (χ1n) is 9.44. The van der Waals surface area contributed by atoms with Crippen molar-refractivity contribution in [2.45, 2.75) is 31.2 Å². The molecule has 0 radical (unpaired) electrons. The van der Waals surface area contributed by atoms with Crippen LogP contribution in [0.25, 0.3) is 0 Å². The van der Waals surface area contributed by atoms with Gasteiger partial charge in [-0.1, -0.05) is 26.0 Å². The molecule has 0 unspecified atom stereocenters. The Hall–Kier alpha value is -2.62. The van der Waals surface area contributed by atoms with Crippen LogP contribution in [0.2, 0.25) is 0 Å². The molecule has 30 heavy (non-hydrogen) atoms. The number of aliphatic hydroxyl groups excluding tert-OH is 1. The maximum Gasteiger partial charge on any atom is 0.255 e. The van der Waals surface area contributed by atoms with Crippen LogP contribution in [0.3, 0.4) is 0 Å². The smallest absolute Gasteiger partial charge is 0.255 e. The van der Waals surface area contributed by atoms with Crippen molar-refractivity contribution in [1.82, 2.24) is 10.0 Å². The van der Waals surface area contributed by atoms with Crippen molar-refractivity contribution in [3.8, 4) is 11.5 Å². The number of aliphatic hydroxyl groups is 1. The van der Waals surface area contributed by atoms with Gasteiger partial charge in [-0.15, -0.1) is 0 Å². The summed E-state index contributed by atoms with van der Waals surface area (Å²) < 4.78 is 33.5. The molecule has 4 N–H and O–H groups in total. The molecule has 9 heteroatoms. The summed E-state index contributed by atoms with van der Waals surface area (Å²) in [5, 5.41) is 21.9. The number of nitrogens with one attached hydrogen (secondary N) is 2. The fourth-order valence-electron chi connectivity index (χ4n) is 2.91. The highest BCUT2D eigenvalue weighted by Gasteiger charge is 2.33. The first-order valence-corrected chi connectivity index (χ1v) is 10.9. The Morgan fingerprint density at radius 1 is 1.13 bits per heavy atom. The van der Waals surface area contributed by atoms with Gasteiger partial charge in [-0.2, -0.15) is 0 Å². The number of hydrogen-bond acceptors (Lipinski definition) is 6. The summed E-state index contributed by atoms with van der Waals surface area (Å²) in [6.45, 7) is 3.43. The number of rotatable bonds is 10.